The van der Waals surface area contributed by atoms with E-state index in [-0.39, 0.29) is 6.10 Å². The van der Waals surface area contributed by atoms with Gasteiger partial charge in [-0.3, -0.25) is 0 Å². The highest BCUT2D eigenvalue weighted by Crippen LogP contribution is 2.28. The van der Waals surface area contributed by atoms with Crippen LogP contribution in [0, 0.1) is 0 Å². The molecular formula is C26H36O3. The van der Waals surface area contributed by atoms with Gasteiger partial charge in [-0.15, -0.1) is 0 Å². The average molecular weight is 397 g/mol. The van der Waals surface area contributed by atoms with Crippen LogP contribution in [0.3, 0.4) is 0 Å². The van der Waals surface area contributed by atoms with Gasteiger partial charge < -0.3 is 9.47 Å². The Hall–Kier alpha value is -2.29. The highest BCUT2D eigenvalue weighted by atomic mass is 16.7. The van der Waals surface area contributed by atoms with Crippen LogP contribution in [0.2, 0.25) is 0 Å². The van der Waals surface area contributed by atoms with Crippen LogP contribution in [0.5, 0.6) is 5.75 Å². The molecule has 0 aliphatic heterocycles. The summed E-state index contributed by atoms with van der Waals surface area (Å²) < 4.78 is 11.4. The zero-order chi connectivity index (χ0) is 20.9. The third kappa shape index (κ3) is 7.56. The first-order valence-corrected chi connectivity index (χ1v) is 11.2. The van der Waals surface area contributed by atoms with E-state index < -0.39 is 6.16 Å². The topological polar surface area (TPSA) is 35.5 Å². The van der Waals surface area contributed by atoms with Crippen molar-refractivity contribution in [1.82, 2.24) is 0 Å². The summed E-state index contributed by atoms with van der Waals surface area (Å²) in [5.74, 6) is 0.656. The van der Waals surface area contributed by atoms with Crippen molar-refractivity contribution < 1.29 is 14.3 Å². The first-order valence-electron chi connectivity index (χ1n) is 11.2. The molecule has 0 aliphatic rings. The van der Waals surface area contributed by atoms with Crippen molar-refractivity contribution in [3.8, 4) is 5.75 Å². The summed E-state index contributed by atoms with van der Waals surface area (Å²) in [6, 6.07) is 15.9. The number of carbonyl (C=O) groups excluding carboxylic acids is 1. The van der Waals surface area contributed by atoms with E-state index in [4.69, 9.17) is 9.47 Å². The summed E-state index contributed by atoms with van der Waals surface area (Å²) in [5.41, 5.74) is 3.46. The quantitative estimate of drug-likeness (QED) is 0.208. The zero-order valence-electron chi connectivity index (χ0n) is 18.3. The largest absolute Gasteiger partial charge is 0.514 e. The second-order valence-corrected chi connectivity index (χ2v) is 7.59. The van der Waals surface area contributed by atoms with Crippen molar-refractivity contribution >= 4 is 6.16 Å². The van der Waals surface area contributed by atoms with Gasteiger partial charge in [-0.25, -0.2) is 4.79 Å². The molecule has 0 aliphatic carbocycles. The summed E-state index contributed by atoms with van der Waals surface area (Å²) in [7, 11) is 0. The van der Waals surface area contributed by atoms with Crippen LogP contribution in [0.1, 0.15) is 88.5 Å². The third-order valence-corrected chi connectivity index (χ3v) is 5.28. The molecule has 0 bridgehead atoms. The number of unbranched alkanes of at least 4 members (excludes halogenated alkanes) is 4. The molecule has 1 atom stereocenters. The van der Waals surface area contributed by atoms with Gasteiger partial charge in [-0.2, -0.15) is 0 Å². The van der Waals surface area contributed by atoms with E-state index in [1.54, 1.807) is 0 Å². The highest BCUT2D eigenvalue weighted by Gasteiger charge is 2.18. The molecule has 2 rings (SSSR count). The Bertz CT molecular complexity index is 724. The van der Waals surface area contributed by atoms with Gasteiger partial charge in [-0.05, 0) is 54.9 Å². The van der Waals surface area contributed by atoms with E-state index in [9.17, 15) is 4.79 Å². The molecule has 3 heteroatoms. The van der Waals surface area contributed by atoms with Crippen LogP contribution < -0.4 is 4.74 Å². The molecule has 0 saturated carbocycles. The molecule has 2 aromatic rings. The molecule has 0 spiro atoms. The molecular weight excluding hydrogens is 360 g/mol. The molecule has 3 nitrogen and oxygen atoms in total. The van der Waals surface area contributed by atoms with Gasteiger partial charge in [0.2, 0.25) is 0 Å². The monoisotopic (exact) mass is 396 g/mol. The lowest BCUT2D eigenvalue weighted by Crippen LogP contribution is -2.16. The number of ether oxygens (including phenoxy) is 2. The Balaban J connectivity index is 2.12. The summed E-state index contributed by atoms with van der Waals surface area (Å²) in [6.07, 6.45) is 8.80. The van der Waals surface area contributed by atoms with Crippen molar-refractivity contribution in [1.29, 1.82) is 0 Å². The fraction of sp³-hybridized carbons (Fsp3) is 0.500. The second-order valence-electron chi connectivity index (χ2n) is 7.59. The first-order chi connectivity index (χ1) is 14.2. The lowest BCUT2D eigenvalue weighted by atomic mass is 9.96. The van der Waals surface area contributed by atoms with E-state index in [0.717, 1.165) is 31.2 Å². The molecule has 0 N–H and O–H groups in total. The number of hydrogen-bond acceptors (Lipinski definition) is 3. The molecule has 1 unspecified atom stereocenters. The first kappa shape index (κ1) is 23.0. The van der Waals surface area contributed by atoms with Gasteiger partial charge in [0.1, 0.15) is 11.9 Å². The highest BCUT2D eigenvalue weighted by molar-refractivity contribution is 5.65. The Morgan fingerprint density at radius 1 is 0.828 bits per heavy atom. The van der Waals surface area contributed by atoms with Crippen LogP contribution in [-0.4, -0.2) is 6.16 Å². The maximum absolute atomic E-state index is 12.6. The lowest BCUT2D eigenvalue weighted by Gasteiger charge is -2.18. The third-order valence-electron chi connectivity index (χ3n) is 5.28. The summed E-state index contributed by atoms with van der Waals surface area (Å²) in [6.45, 7) is 6.43. The van der Waals surface area contributed by atoms with Gasteiger partial charge in [0.05, 0.1) is 0 Å². The molecule has 0 radical (unpaired) electrons. The standard InChI is InChI=1S/C26H36O3/c1-4-7-10-15-21-18-14-20-25(23(21)19-11-8-5-2)29-26(27)28-24(6-3)22-16-12-9-13-17-22/h9,12-14,16-18,20,24H,4-8,10-11,15,19H2,1-3H3. The second kappa shape index (κ2) is 13.0. The van der Waals surface area contributed by atoms with Gasteiger partial charge >= 0.3 is 6.16 Å². The fourth-order valence-electron chi connectivity index (χ4n) is 3.63. The van der Waals surface area contributed by atoms with E-state index in [2.05, 4.69) is 19.9 Å². The summed E-state index contributed by atoms with van der Waals surface area (Å²) in [5, 5.41) is 0. The smallest absolute Gasteiger partial charge is 0.426 e. The van der Waals surface area contributed by atoms with Gasteiger partial charge in [-0.1, -0.05) is 88.9 Å². The number of rotatable bonds is 12. The molecule has 0 heterocycles. The SMILES string of the molecule is CCCCCc1cccc(OC(=O)OC(CC)c2ccccc2)c1CCCCC. The summed E-state index contributed by atoms with van der Waals surface area (Å²) >= 11 is 0. The number of benzene rings is 2. The van der Waals surface area contributed by atoms with E-state index in [0.29, 0.717) is 12.2 Å². The minimum absolute atomic E-state index is 0.292. The molecule has 0 saturated heterocycles. The zero-order valence-corrected chi connectivity index (χ0v) is 18.3. The minimum Gasteiger partial charge on any atom is -0.426 e. The predicted molar refractivity (Wildman–Crippen MR) is 119 cm³/mol. The van der Waals surface area contributed by atoms with Crippen LogP contribution in [0.25, 0.3) is 0 Å². The Morgan fingerprint density at radius 3 is 2.17 bits per heavy atom. The number of hydrogen-bond donors (Lipinski definition) is 0. The molecule has 0 aromatic heterocycles. The Morgan fingerprint density at radius 2 is 1.52 bits per heavy atom. The van der Waals surface area contributed by atoms with Crippen molar-refractivity contribution in [3.63, 3.8) is 0 Å². The van der Waals surface area contributed by atoms with Crippen molar-refractivity contribution in [2.45, 2.75) is 84.7 Å². The van der Waals surface area contributed by atoms with Crippen LogP contribution in [-0.2, 0) is 17.6 Å². The minimum atomic E-state index is -0.622. The van der Waals surface area contributed by atoms with Crippen LogP contribution >= 0.6 is 0 Å². The molecule has 0 amide bonds. The van der Waals surface area contributed by atoms with Crippen LogP contribution in [0.4, 0.5) is 4.79 Å². The van der Waals surface area contributed by atoms with Gasteiger partial charge in [0, 0.05) is 0 Å². The molecule has 158 valence electrons. The van der Waals surface area contributed by atoms with E-state index in [1.165, 1.54) is 36.8 Å². The molecule has 2 aromatic carbocycles. The maximum Gasteiger partial charge on any atom is 0.514 e. The Kier molecular flexibility index (Phi) is 10.3. The van der Waals surface area contributed by atoms with Crippen molar-refractivity contribution in [3.05, 3.63) is 65.2 Å². The van der Waals surface area contributed by atoms with Crippen molar-refractivity contribution in [2.75, 3.05) is 0 Å². The molecule has 29 heavy (non-hydrogen) atoms. The van der Waals surface area contributed by atoms with Crippen molar-refractivity contribution in [2.24, 2.45) is 0 Å². The Labute approximate surface area is 176 Å². The average Bonchev–Trinajstić information content (AvgIpc) is 2.74. The normalized spacial score (nSPS) is 11.8. The van der Waals surface area contributed by atoms with E-state index in [1.807, 2.05) is 49.4 Å². The number of aryl methyl sites for hydroxylation is 1. The maximum atomic E-state index is 12.6. The van der Waals surface area contributed by atoms with Gasteiger partial charge in [0.15, 0.2) is 0 Å². The van der Waals surface area contributed by atoms with Gasteiger partial charge in [0.25, 0.3) is 0 Å². The molecule has 0 fully saturated rings. The van der Waals surface area contributed by atoms with Crippen LogP contribution in [0.15, 0.2) is 48.5 Å². The lowest BCUT2D eigenvalue weighted by molar-refractivity contribution is 0.0558. The van der Waals surface area contributed by atoms with E-state index >= 15 is 0 Å². The predicted octanol–water partition coefficient (Wildman–Crippen LogP) is 7.82. The number of carbonyl (C=O) groups is 1. The summed E-state index contributed by atoms with van der Waals surface area (Å²) in [4.78, 5) is 12.6. The fourth-order valence-corrected chi connectivity index (χ4v) is 3.63.